The molecule has 2 aromatic rings. The fourth-order valence-corrected chi connectivity index (χ4v) is 3.10. The Kier molecular flexibility index (Phi) is 5.68. The summed E-state index contributed by atoms with van der Waals surface area (Å²) in [6.07, 6.45) is 1.64. The van der Waals surface area contributed by atoms with Crippen LogP contribution >= 0.6 is 24.0 Å². The lowest BCUT2D eigenvalue weighted by molar-refractivity contribution is 0.0633. The lowest BCUT2D eigenvalue weighted by atomic mass is 10.0. The zero-order chi connectivity index (χ0) is 15.7. The Balaban J connectivity index is 0.00000192. The molecule has 0 radical (unpaired) electrons. The van der Waals surface area contributed by atoms with Gasteiger partial charge in [0.1, 0.15) is 0 Å². The smallest absolute Gasteiger partial charge is 0.257 e. The van der Waals surface area contributed by atoms with Crippen molar-refractivity contribution in [2.24, 2.45) is 7.05 Å². The van der Waals surface area contributed by atoms with Crippen LogP contribution in [-0.2, 0) is 7.05 Å². The number of rotatable bonds is 2. The minimum atomic E-state index is -0.0606. The van der Waals surface area contributed by atoms with Crippen molar-refractivity contribution in [2.75, 3.05) is 19.6 Å². The van der Waals surface area contributed by atoms with Crippen LogP contribution in [-0.4, -0.2) is 40.2 Å². The first-order valence-electron chi connectivity index (χ1n) is 7.34. The van der Waals surface area contributed by atoms with Crippen LogP contribution in [0.3, 0.4) is 0 Å². The van der Waals surface area contributed by atoms with Gasteiger partial charge in [-0.05, 0) is 18.6 Å². The Morgan fingerprint density at radius 2 is 2.13 bits per heavy atom. The summed E-state index contributed by atoms with van der Waals surface area (Å²) in [6, 6.07) is 7.64. The molecule has 124 valence electrons. The molecule has 7 heteroatoms. The molecular weight excluding hydrogens is 335 g/mol. The summed E-state index contributed by atoms with van der Waals surface area (Å²) in [7, 11) is 1.84. The number of benzene rings is 1. The van der Waals surface area contributed by atoms with E-state index < -0.39 is 0 Å². The Morgan fingerprint density at radius 1 is 1.39 bits per heavy atom. The number of hydrogen-bond acceptors (Lipinski definition) is 3. The summed E-state index contributed by atoms with van der Waals surface area (Å²) in [4.78, 5) is 14.8. The van der Waals surface area contributed by atoms with E-state index in [1.165, 1.54) is 0 Å². The van der Waals surface area contributed by atoms with Gasteiger partial charge in [-0.15, -0.1) is 12.4 Å². The molecule has 1 unspecified atom stereocenters. The van der Waals surface area contributed by atoms with E-state index >= 15 is 0 Å². The highest BCUT2D eigenvalue weighted by Gasteiger charge is 2.31. The summed E-state index contributed by atoms with van der Waals surface area (Å²) in [5.41, 5.74) is 2.51. The van der Waals surface area contributed by atoms with E-state index in [1.54, 1.807) is 10.9 Å². The molecule has 1 aliphatic heterocycles. The standard InChI is InChI=1S/C16H19ClN4O.ClH/c1-11-13(9-19-20(11)2)16(22)21-8-7-18-10-15(21)12-5-3-4-6-14(12)17;/h3-6,9,15,18H,7-8,10H2,1-2H3;1H. The van der Waals surface area contributed by atoms with Crippen LogP contribution in [0.25, 0.3) is 0 Å². The van der Waals surface area contributed by atoms with Gasteiger partial charge in [0.25, 0.3) is 5.91 Å². The fourth-order valence-electron chi connectivity index (χ4n) is 2.83. The first-order chi connectivity index (χ1) is 10.6. The molecular formula is C16H20Cl2N4O. The van der Waals surface area contributed by atoms with E-state index in [4.69, 9.17) is 11.6 Å². The van der Waals surface area contributed by atoms with Gasteiger partial charge < -0.3 is 10.2 Å². The molecule has 0 aliphatic carbocycles. The van der Waals surface area contributed by atoms with Gasteiger partial charge in [0.2, 0.25) is 0 Å². The molecule has 1 atom stereocenters. The predicted octanol–water partition coefficient (Wildman–Crippen LogP) is 2.59. The number of aryl methyl sites for hydroxylation is 1. The van der Waals surface area contributed by atoms with E-state index in [9.17, 15) is 4.79 Å². The topological polar surface area (TPSA) is 50.2 Å². The number of piperazine rings is 1. The van der Waals surface area contributed by atoms with E-state index in [2.05, 4.69) is 10.4 Å². The number of halogens is 2. The van der Waals surface area contributed by atoms with Gasteiger partial charge in [-0.1, -0.05) is 29.8 Å². The molecule has 0 saturated carbocycles. The molecule has 0 spiro atoms. The maximum Gasteiger partial charge on any atom is 0.257 e. The minimum Gasteiger partial charge on any atom is -0.329 e. The van der Waals surface area contributed by atoms with Crippen molar-refractivity contribution in [3.05, 3.63) is 52.3 Å². The van der Waals surface area contributed by atoms with E-state index in [0.717, 1.165) is 17.8 Å². The second-order valence-electron chi connectivity index (χ2n) is 5.51. The lowest BCUT2D eigenvalue weighted by Crippen LogP contribution is -2.48. The molecule has 1 saturated heterocycles. The molecule has 0 bridgehead atoms. The highest BCUT2D eigenvalue weighted by atomic mass is 35.5. The summed E-state index contributed by atoms with van der Waals surface area (Å²) in [5.74, 6) is 0.0111. The van der Waals surface area contributed by atoms with Gasteiger partial charge >= 0.3 is 0 Å². The summed E-state index contributed by atoms with van der Waals surface area (Å²) >= 11 is 6.33. The van der Waals surface area contributed by atoms with Crippen molar-refractivity contribution < 1.29 is 4.79 Å². The summed E-state index contributed by atoms with van der Waals surface area (Å²) in [6.45, 7) is 4.05. The van der Waals surface area contributed by atoms with Gasteiger partial charge in [0.05, 0.1) is 17.8 Å². The fraction of sp³-hybridized carbons (Fsp3) is 0.375. The van der Waals surface area contributed by atoms with Crippen molar-refractivity contribution in [1.82, 2.24) is 20.0 Å². The van der Waals surface area contributed by atoms with Crippen molar-refractivity contribution in [2.45, 2.75) is 13.0 Å². The van der Waals surface area contributed by atoms with Crippen LogP contribution < -0.4 is 5.32 Å². The van der Waals surface area contributed by atoms with E-state index in [1.807, 2.05) is 43.1 Å². The Morgan fingerprint density at radius 3 is 2.78 bits per heavy atom. The molecule has 1 fully saturated rings. The second-order valence-corrected chi connectivity index (χ2v) is 5.91. The average Bonchev–Trinajstić information content (AvgIpc) is 2.87. The van der Waals surface area contributed by atoms with Gasteiger partial charge in [-0.2, -0.15) is 5.10 Å². The van der Waals surface area contributed by atoms with Crippen molar-refractivity contribution in [3.63, 3.8) is 0 Å². The third-order valence-corrected chi connectivity index (χ3v) is 4.58. The highest BCUT2D eigenvalue weighted by Crippen LogP contribution is 2.29. The van der Waals surface area contributed by atoms with E-state index in [-0.39, 0.29) is 24.4 Å². The van der Waals surface area contributed by atoms with Crippen LogP contribution in [0.1, 0.15) is 27.7 Å². The summed E-state index contributed by atoms with van der Waals surface area (Å²) in [5, 5.41) is 8.21. The Labute approximate surface area is 147 Å². The molecule has 2 heterocycles. The van der Waals surface area contributed by atoms with E-state index in [0.29, 0.717) is 23.7 Å². The summed E-state index contributed by atoms with van der Waals surface area (Å²) < 4.78 is 1.72. The Bertz CT molecular complexity index is 701. The SMILES string of the molecule is Cc1c(C(=O)N2CCNCC2c2ccccc2Cl)cnn1C.Cl. The number of aromatic nitrogens is 2. The number of nitrogens with zero attached hydrogens (tertiary/aromatic N) is 3. The molecule has 23 heavy (non-hydrogen) atoms. The highest BCUT2D eigenvalue weighted by molar-refractivity contribution is 6.31. The third-order valence-electron chi connectivity index (χ3n) is 4.23. The van der Waals surface area contributed by atoms with Crippen molar-refractivity contribution in [3.8, 4) is 0 Å². The molecule has 3 rings (SSSR count). The molecule has 1 aromatic heterocycles. The molecule has 1 aromatic carbocycles. The quantitative estimate of drug-likeness (QED) is 0.901. The first-order valence-corrected chi connectivity index (χ1v) is 7.72. The number of nitrogens with one attached hydrogen (secondary N) is 1. The number of carbonyl (C=O) groups is 1. The number of amides is 1. The van der Waals surface area contributed by atoms with Gasteiger partial charge in [0.15, 0.2) is 0 Å². The van der Waals surface area contributed by atoms with Gasteiger partial charge in [-0.25, -0.2) is 0 Å². The number of hydrogen-bond donors (Lipinski definition) is 1. The minimum absolute atomic E-state index is 0. The maximum absolute atomic E-state index is 12.9. The third kappa shape index (κ3) is 3.37. The lowest BCUT2D eigenvalue weighted by Gasteiger charge is -2.37. The van der Waals surface area contributed by atoms with Crippen LogP contribution in [0.2, 0.25) is 5.02 Å². The van der Waals surface area contributed by atoms with Crippen molar-refractivity contribution in [1.29, 1.82) is 0 Å². The monoisotopic (exact) mass is 354 g/mol. The zero-order valence-corrected chi connectivity index (χ0v) is 14.7. The van der Waals surface area contributed by atoms with Crippen molar-refractivity contribution >= 4 is 29.9 Å². The maximum atomic E-state index is 12.9. The molecule has 1 N–H and O–H groups in total. The largest absolute Gasteiger partial charge is 0.329 e. The van der Waals surface area contributed by atoms with Crippen LogP contribution in [0.5, 0.6) is 0 Å². The van der Waals surface area contributed by atoms with Gasteiger partial charge in [-0.3, -0.25) is 9.48 Å². The normalized spacial score (nSPS) is 17.7. The molecule has 1 aliphatic rings. The first kappa shape index (κ1) is 17.8. The zero-order valence-electron chi connectivity index (χ0n) is 13.1. The second kappa shape index (κ2) is 7.34. The number of carbonyl (C=O) groups excluding carboxylic acids is 1. The molecule has 1 amide bonds. The van der Waals surface area contributed by atoms with Crippen LogP contribution in [0.4, 0.5) is 0 Å². The Hall–Kier alpha value is -1.56. The predicted molar refractivity (Wildman–Crippen MR) is 93.3 cm³/mol. The van der Waals surface area contributed by atoms with Gasteiger partial charge in [0, 0.05) is 37.4 Å². The average molecular weight is 355 g/mol. The van der Waals surface area contributed by atoms with Crippen LogP contribution in [0, 0.1) is 6.92 Å². The van der Waals surface area contributed by atoms with Crippen LogP contribution in [0.15, 0.2) is 30.5 Å². The molecule has 5 nitrogen and oxygen atoms in total.